The summed E-state index contributed by atoms with van der Waals surface area (Å²) < 4.78 is 25.9. The predicted molar refractivity (Wildman–Crippen MR) is 185 cm³/mol. The molecule has 0 radical (unpaired) electrons. The SMILES string of the molecule is CC/C=C\C/C=C\C/C=C\C/C=C\C/C=C\CCCCCCCCCC(=O)NC(COP(=O)(O)OCC(O)COC(=O)CC)C(=O)O. The molecule has 11 nitrogen and oxygen atoms in total. The Morgan fingerprint density at radius 1 is 0.702 bits per heavy atom. The van der Waals surface area contributed by atoms with Gasteiger partial charge in [0.1, 0.15) is 12.7 Å². The molecule has 0 bridgehead atoms. The van der Waals surface area contributed by atoms with E-state index >= 15 is 0 Å². The fraction of sp³-hybridized carbons (Fsp3) is 0.629. The minimum absolute atomic E-state index is 0.102. The topological polar surface area (TPSA) is 169 Å². The molecule has 0 heterocycles. The molecule has 0 aliphatic heterocycles. The molecule has 4 N–H and O–H groups in total. The second kappa shape index (κ2) is 30.5. The first kappa shape index (κ1) is 44.2. The van der Waals surface area contributed by atoms with Gasteiger partial charge in [-0.25, -0.2) is 9.36 Å². The highest BCUT2D eigenvalue weighted by molar-refractivity contribution is 7.47. The first-order valence-corrected chi connectivity index (χ1v) is 18.3. The maximum Gasteiger partial charge on any atom is 0.472 e. The van der Waals surface area contributed by atoms with Crippen LogP contribution in [0.3, 0.4) is 0 Å². The number of hydrogen-bond donors (Lipinski definition) is 4. The molecule has 0 fully saturated rings. The lowest BCUT2D eigenvalue weighted by molar-refractivity contribution is -0.146. The van der Waals surface area contributed by atoms with Crippen molar-refractivity contribution in [1.82, 2.24) is 5.32 Å². The number of amides is 1. The molecule has 12 heteroatoms. The molecule has 0 aliphatic carbocycles. The summed E-state index contributed by atoms with van der Waals surface area (Å²) in [5.74, 6) is -2.49. The van der Waals surface area contributed by atoms with Crippen molar-refractivity contribution in [2.24, 2.45) is 0 Å². The van der Waals surface area contributed by atoms with Crippen LogP contribution < -0.4 is 5.32 Å². The van der Waals surface area contributed by atoms with Crippen LogP contribution in [0.4, 0.5) is 0 Å². The van der Waals surface area contributed by atoms with Gasteiger partial charge in [-0.2, -0.15) is 0 Å². The van der Waals surface area contributed by atoms with Gasteiger partial charge in [0, 0.05) is 12.8 Å². The fourth-order valence-corrected chi connectivity index (χ4v) is 4.74. The summed E-state index contributed by atoms with van der Waals surface area (Å²) in [4.78, 5) is 44.5. The molecule has 1 amide bonds. The molecule has 0 aromatic rings. The Kier molecular flexibility index (Phi) is 28.7. The standard InChI is InChI=1S/C35H58NO10P/c1-3-5-6-7-8-9-10-11-12-13-14-15-16-17-18-19-20-21-22-23-24-25-26-27-33(38)36-32(35(40)41)30-46-47(42,43)45-29-31(37)28-44-34(39)4-2/h5-6,8-9,11-12,14-15,17-18,31-32,37H,3-4,7,10,13,16,19-30H2,1-2H3,(H,36,38)(H,40,41)(H,42,43)/b6-5-,9-8-,12-11-,15-14-,18-17-. The van der Waals surface area contributed by atoms with Crippen LogP contribution in [-0.4, -0.2) is 64.9 Å². The summed E-state index contributed by atoms with van der Waals surface area (Å²) >= 11 is 0. The number of aliphatic hydroxyl groups excluding tert-OH is 1. The van der Waals surface area contributed by atoms with Crippen LogP contribution in [0.15, 0.2) is 60.8 Å². The summed E-state index contributed by atoms with van der Waals surface area (Å²) in [6.45, 7) is 1.78. The van der Waals surface area contributed by atoms with Crippen molar-refractivity contribution in [3.8, 4) is 0 Å². The number of carboxylic acid groups (broad SMARTS) is 1. The van der Waals surface area contributed by atoms with E-state index in [1.54, 1.807) is 6.92 Å². The molecular weight excluding hydrogens is 625 g/mol. The fourth-order valence-electron chi connectivity index (χ4n) is 3.97. The lowest BCUT2D eigenvalue weighted by Crippen LogP contribution is -2.43. The van der Waals surface area contributed by atoms with Crippen molar-refractivity contribution < 1.29 is 47.8 Å². The Hall–Kier alpha value is -2.82. The Balaban J connectivity index is 3.88. The van der Waals surface area contributed by atoms with Gasteiger partial charge < -0.3 is 25.2 Å². The highest BCUT2D eigenvalue weighted by Gasteiger charge is 2.28. The highest BCUT2D eigenvalue weighted by Crippen LogP contribution is 2.43. The number of allylic oxidation sites excluding steroid dienone is 10. The van der Waals surface area contributed by atoms with Crippen molar-refractivity contribution in [1.29, 1.82) is 0 Å². The molecule has 0 aromatic heterocycles. The van der Waals surface area contributed by atoms with Crippen LogP contribution in [0.25, 0.3) is 0 Å². The summed E-state index contributed by atoms with van der Waals surface area (Å²) in [5.41, 5.74) is 0. The molecule has 0 aromatic carbocycles. The smallest absolute Gasteiger partial charge is 0.472 e. The average molecular weight is 684 g/mol. The van der Waals surface area contributed by atoms with Gasteiger partial charge in [-0.1, -0.05) is 107 Å². The van der Waals surface area contributed by atoms with Crippen LogP contribution in [-0.2, 0) is 32.7 Å². The summed E-state index contributed by atoms with van der Waals surface area (Å²) in [6.07, 6.45) is 33.8. The molecule has 0 rings (SSSR count). The lowest BCUT2D eigenvalue weighted by atomic mass is 10.1. The molecule has 268 valence electrons. The average Bonchev–Trinajstić information content (AvgIpc) is 3.04. The van der Waals surface area contributed by atoms with Gasteiger partial charge in [0.2, 0.25) is 5.91 Å². The number of nitrogens with one attached hydrogen (secondary N) is 1. The van der Waals surface area contributed by atoms with Gasteiger partial charge in [0.05, 0.1) is 13.2 Å². The van der Waals surface area contributed by atoms with Crippen molar-refractivity contribution in [2.45, 2.75) is 122 Å². The Morgan fingerprint density at radius 2 is 1.19 bits per heavy atom. The first-order chi connectivity index (χ1) is 22.6. The monoisotopic (exact) mass is 683 g/mol. The minimum Gasteiger partial charge on any atom is -0.480 e. The van der Waals surface area contributed by atoms with Gasteiger partial charge in [-0.05, 0) is 51.4 Å². The van der Waals surface area contributed by atoms with E-state index in [0.29, 0.717) is 6.42 Å². The lowest BCUT2D eigenvalue weighted by Gasteiger charge is -2.18. The molecule has 3 unspecified atom stereocenters. The molecule has 47 heavy (non-hydrogen) atoms. The number of carbonyl (C=O) groups is 3. The maximum absolute atomic E-state index is 12.2. The third-order valence-electron chi connectivity index (χ3n) is 6.63. The maximum atomic E-state index is 12.2. The van der Waals surface area contributed by atoms with Gasteiger partial charge in [0.25, 0.3) is 0 Å². The molecule has 0 spiro atoms. The van der Waals surface area contributed by atoms with Gasteiger partial charge in [-0.3, -0.25) is 18.6 Å². The minimum atomic E-state index is -4.72. The van der Waals surface area contributed by atoms with E-state index in [1.807, 2.05) is 0 Å². The highest BCUT2D eigenvalue weighted by atomic mass is 31.2. The number of phosphoric ester groups is 1. The van der Waals surface area contributed by atoms with E-state index in [4.69, 9.17) is 0 Å². The molecule has 0 saturated carbocycles. The predicted octanol–water partition coefficient (Wildman–Crippen LogP) is 7.27. The van der Waals surface area contributed by atoms with Gasteiger partial charge in [0.15, 0.2) is 6.04 Å². The zero-order valence-electron chi connectivity index (χ0n) is 28.3. The summed E-state index contributed by atoms with van der Waals surface area (Å²) in [7, 11) is -4.72. The van der Waals surface area contributed by atoms with E-state index in [2.05, 4.69) is 86.8 Å². The van der Waals surface area contributed by atoms with E-state index in [1.165, 1.54) is 0 Å². The molecule has 3 atom stereocenters. The number of carboxylic acids is 1. The summed E-state index contributed by atoms with van der Waals surface area (Å²) in [6, 6.07) is -1.55. The van der Waals surface area contributed by atoms with Gasteiger partial charge >= 0.3 is 19.8 Å². The number of carbonyl (C=O) groups excluding carboxylic acids is 2. The molecular formula is C35H58NO10P. The van der Waals surface area contributed by atoms with Gasteiger partial charge in [-0.15, -0.1) is 0 Å². The number of aliphatic hydroxyl groups is 1. The third kappa shape index (κ3) is 30.3. The number of esters is 1. The Morgan fingerprint density at radius 3 is 1.72 bits per heavy atom. The zero-order valence-corrected chi connectivity index (χ0v) is 29.2. The number of hydrogen-bond acceptors (Lipinski definition) is 8. The van der Waals surface area contributed by atoms with E-state index in [-0.39, 0.29) is 12.8 Å². The first-order valence-electron chi connectivity index (χ1n) is 16.8. The Labute approximate surface area is 281 Å². The van der Waals surface area contributed by atoms with Crippen LogP contribution in [0, 0.1) is 0 Å². The number of ether oxygens (including phenoxy) is 1. The second-order valence-corrected chi connectivity index (χ2v) is 12.4. The Bertz CT molecular complexity index is 1040. The normalized spacial score (nSPS) is 14.8. The van der Waals surface area contributed by atoms with Crippen LogP contribution >= 0.6 is 7.82 Å². The molecule has 0 saturated heterocycles. The summed E-state index contributed by atoms with van der Waals surface area (Å²) in [5, 5.41) is 21.3. The van der Waals surface area contributed by atoms with Crippen molar-refractivity contribution in [2.75, 3.05) is 19.8 Å². The van der Waals surface area contributed by atoms with Crippen LogP contribution in [0.1, 0.15) is 110 Å². The third-order valence-corrected chi connectivity index (χ3v) is 7.58. The van der Waals surface area contributed by atoms with E-state index < -0.39 is 57.6 Å². The zero-order chi connectivity index (χ0) is 35.0. The number of phosphoric acid groups is 1. The van der Waals surface area contributed by atoms with E-state index in [9.17, 15) is 34.1 Å². The number of aliphatic carboxylic acids is 1. The van der Waals surface area contributed by atoms with Crippen LogP contribution in [0.5, 0.6) is 0 Å². The van der Waals surface area contributed by atoms with Crippen LogP contribution in [0.2, 0.25) is 0 Å². The number of rotatable bonds is 30. The van der Waals surface area contributed by atoms with Crippen molar-refractivity contribution in [3.63, 3.8) is 0 Å². The second-order valence-electron chi connectivity index (χ2n) is 10.9. The molecule has 0 aliphatic rings. The van der Waals surface area contributed by atoms with Crippen molar-refractivity contribution >= 4 is 25.7 Å². The largest absolute Gasteiger partial charge is 0.480 e. The quantitative estimate of drug-likeness (QED) is 0.0262. The van der Waals surface area contributed by atoms with E-state index in [0.717, 1.165) is 77.0 Å². The number of unbranched alkanes of at least 4 members (excludes halogenated alkanes) is 7. The van der Waals surface area contributed by atoms with Crippen molar-refractivity contribution in [3.05, 3.63) is 60.8 Å².